The molecule has 1 N–H and O–H groups in total. The van der Waals surface area contributed by atoms with E-state index in [1.807, 2.05) is 78.9 Å². The van der Waals surface area contributed by atoms with Crippen LogP contribution in [0, 0.1) is 11.8 Å². The van der Waals surface area contributed by atoms with Crippen molar-refractivity contribution in [2.75, 3.05) is 31.1 Å². The lowest BCUT2D eigenvalue weighted by atomic mass is 9.92. The number of carbonyl (C=O) groups is 2. The standard InChI is InChI=1S/C33H36ClN3O2S/c1-23-17-24(2)21-36(20-23)16-6-15-35-32(38)27-13-11-25(12-14-27)19-31-33(39)37(22-26-7-5-8-28(34)18-26)29-9-3-4-10-30(29)40-31/h3-5,7-14,18-19,23-24H,6,15-17,20-22H2,1-2H3,(H,35,38)/b31-19+/t23-,24-/m0/s1. The quantitative estimate of drug-likeness (QED) is 0.230. The summed E-state index contributed by atoms with van der Waals surface area (Å²) in [5.74, 6) is 1.37. The Bertz CT molecular complexity index is 1380. The number of para-hydroxylation sites is 1. The van der Waals surface area contributed by atoms with Crippen molar-refractivity contribution in [3.63, 3.8) is 0 Å². The number of nitrogens with zero attached hydrogens (tertiary/aromatic N) is 2. The first-order valence-corrected chi connectivity index (χ1v) is 15.2. The van der Waals surface area contributed by atoms with Gasteiger partial charge in [-0.05, 0) is 84.8 Å². The van der Waals surface area contributed by atoms with E-state index in [1.165, 1.54) is 18.2 Å². The Morgan fingerprint density at radius 1 is 1.02 bits per heavy atom. The van der Waals surface area contributed by atoms with E-state index >= 15 is 0 Å². The van der Waals surface area contributed by atoms with Gasteiger partial charge < -0.3 is 15.1 Å². The molecule has 1 fully saturated rings. The first kappa shape index (κ1) is 28.5. The van der Waals surface area contributed by atoms with Gasteiger partial charge >= 0.3 is 0 Å². The average Bonchev–Trinajstić information content (AvgIpc) is 2.93. The molecule has 3 aromatic rings. The van der Waals surface area contributed by atoms with Gasteiger partial charge in [0, 0.05) is 35.1 Å². The number of thioether (sulfide) groups is 1. The average molecular weight is 574 g/mol. The summed E-state index contributed by atoms with van der Waals surface area (Å²) in [6.07, 6.45) is 4.15. The number of carbonyl (C=O) groups excluding carboxylic acids is 2. The third kappa shape index (κ3) is 7.17. The molecule has 3 aromatic carbocycles. The summed E-state index contributed by atoms with van der Waals surface area (Å²) in [7, 11) is 0. The molecule has 0 spiro atoms. The zero-order valence-corrected chi connectivity index (χ0v) is 24.7. The Hall–Kier alpha value is -3.06. The molecular weight excluding hydrogens is 538 g/mol. The molecule has 208 valence electrons. The van der Waals surface area contributed by atoms with Crippen LogP contribution in [0.25, 0.3) is 6.08 Å². The van der Waals surface area contributed by atoms with E-state index in [0.717, 1.165) is 59.6 Å². The highest BCUT2D eigenvalue weighted by molar-refractivity contribution is 8.04. The summed E-state index contributed by atoms with van der Waals surface area (Å²) in [5.41, 5.74) is 3.36. The number of benzene rings is 3. The minimum Gasteiger partial charge on any atom is -0.352 e. The smallest absolute Gasteiger partial charge is 0.265 e. The molecule has 0 aromatic heterocycles. The molecule has 0 aliphatic carbocycles. The minimum absolute atomic E-state index is 0.0528. The van der Waals surface area contributed by atoms with Gasteiger partial charge in [-0.2, -0.15) is 0 Å². The first-order chi connectivity index (χ1) is 19.4. The van der Waals surface area contributed by atoms with Crippen LogP contribution < -0.4 is 10.2 Å². The lowest BCUT2D eigenvalue weighted by Crippen LogP contribution is -2.40. The predicted octanol–water partition coefficient (Wildman–Crippen LogP) is 7.12. The second-order valence-electron chi connectivity index (χ2n) is 11.0. The van der Waals surface area contributed by atoms with Crippen LogP contribution in [0.15, 0.2) is 82.6 Å². The van der Waals surface area contributed by atoms with Crippen molar-refractivity contribution in [3.05, 3.63) is 99.4 Å². The summed E-state index contributed by atoms with van der Waals surface area (Å²) >= 11 is 7.67. The maximum Gasteiger partial charge on any atom is 0.265 e. The van der Waals surface area contributed by atoms with Crippen molar-refractivity contribution in [1.29, 1.82) is 0 Å². The second kappa shape index (κ2) is 13.1. The molecule has 0 unspecified atom stereocenters. The van der Waals surface area contributed by atoms with E-state index in [0.29, 0.717) is 28.6 Å². The van der Waals surface area contributed by atoms with Gasteiger partial charge in [0.25, 0.3) is 11.8 Å². The maximum absolute atomic E-state index is 13.6. The molecule has 5 rings (SSSR count). The van der Waals surface area contributed by atoms with Crippen molar-refractivity contribution in [2.45, 2.75) is 38.1 Å². The van der Waals surface area contributed by atoms with Gasteiger partial charge in [0.1, 0.15) is 0 Å². The van der Waals surface area contributed by atoms with Gasteiger partial charge in [-0.3, -0.25) is 9.59 Å². The van der Waals surface area contributed by atoms with Gasteiger partial charge in [-0.15, -0.1) is 0 Å². The molecule has 2 aliphatic heterocycles. The van der Waals surface area contributed by atoms with Gasteiger partial charge in [0.05, 0.1) is 17.1 Å². The highest BCUT2D eigenvalue weighted by Gasteiger charge is 2.29. The number of nitrogens with one attached hydrogen (secondary N) is 1. The van der Waals surface area contributed by atoms with Crippen LogP contribution in [0.3, 0.4) is 0 Å². The van der Waals surface area contributed by atoms with Crippen molar-refractivity contribution >= 4 is 46.9 Å². The Balaban J connectivity index is 1.21. The lowest BCUT2D eigenvalue weighted by molar-refractivity contribution is -0.114. The SMILES string of the molecule is C[C@H]1C[C@H](C)CN(CCCNC(=O)c2ccc(/C=C3/Sc4ccccc4N(Cc4cccc(Cl)c4)C3=O)cc2)C1. The number of amides is 2. The van der Waals surface area contributed by atoms with Crippen LogP contribution in [-0.2, 0) is 11.3 Å². The highest BCUT2D eigenvalue weighted by atomic mass is 35.5. The summed E-state index contributed by atoms with van der Waals surface area (Å²) in [4.78, 5) is 32.3. The topological polar surface area (TPSA) is 52.7 Å². The van der Waals surface area contributed by atoms with Gasteiger partial charge in [0.2, 0.25) is 0 Å². The summed E-state index contributed by atoms with van der Waals surface area (Å²) < 4.78 is 0. The molecule has 2 atom stereocenters. The number of rotatable bonds is 8. The number of halogens is 1. The molecule has 2 heterocycles. The number of piperidine rings is 1. The number of likely N-dealkylation sites (tertiary alicyclic amines) is 1. The van der Waals surface area contributed by atoms with Crippen LogP contribution in [-0.4, -0.2) is 42.9 Å². The molecule has 2 aliphatic rings. The molecule has 0 saturated carbocycles. The molecule has 5 nitrogen and oxygen atoms in total. The van der Waals surface area contributed by atoms with Gasteiger partial charge in [-0.25, -0.2) is 0 Å². The summed E-state index contributed by atoms with van der Waals surface area (Å²) in [6.45, 7) is 9.07. The summed E-state index contributed by atoms with van der Waals surface area (Å²) in [5, 5.41) is 3.71. The van der Waals surface area contributed by atoms with Crippen LogP contribution in [0.1, 0.15) is 48.2 Å². The Labute approximate surface area is 246 Å². The zero-order chi connectivity index (χ0) is 28.1. The van der Waals surface area contributed by atoms with Crippen molar-refractivity contribution in [2.24, 2.45) is 11.8 Å². The molecule has 0 bridgehead atoms. The fourth-order valence-electron chi connectivity index (χ4n) is 5.70. The number of fused-ring (bicyclic) bond motifs is 1. The van der Waals surface area contributed by atoms with Crippen LogP contribution in [0.5, 0.6) is 0 Å². The molecule has 2 amide bonds. The third-order valence-electron chi connectivity index (χ3n) is 7.41. The first-order valence-electron chi connectivity index (χ1n) is 14.0. The predicted molar refractivity (Wildman–Crippen MR) is 166 cm³/mol. The molecule has 0 radical (unpaired) electrons. The molecule has 1 saturated heterocycles. The van der Waals surface area contributed by atoms with E-state index in [1.54, 1.807) is 4.90 Å². The van der Waals surface area contributed by atoms with E-state index in [9.17, 15) is 9.59 Å². The normalized spacial score (nSPS) is 20.4. The Morgan fingerprint density at radius 2 is 1.77 bits per heavy atom. The van der Waals surface area contributed by atoms with E-state index < -0.39 is 0 Å². The monoisotopic (exact) mass is 573 g/mol. The van der Waals surface area contributed by atoms with E-state index in [4.69, 9.17) is 11.6 Å². The van der Waals surface area contributed by atoms with E-state index in [-0.39, 0.29) is 11.8 Å². The maximum atomic E-state index is 13.6. The fourth-order valence-corrected chi connectivity index (χ4v) is 6.97. The van der Waals surface area contributed by atoms with Crippen molar-refractivity contribution in [3.8, 4) is 0 Å². The Morgan fingerprint density at radius 3 is 2.52 bits per heavy atom. The second-order valence-corrected chi connectivity index (χ2v) is 12.6. The minimum atomic E-state index is -0.0654. The third-order valence-corrected chi connectivity index (χ3v) is 8.73. The lowest BCUT2D eigenvalue weighted by Gasteiger charge is -2.34. The Kier molecular flexibility index (Phi) is 9.30. The number of hydrogen-bond acceptors (Lipinski definition) is 4. The summed E-state index contributed by atoms with van der Waals surface area (Å²) in [6, 6.07) is 23.0. The fraction of sp³-hybridized carbons (Fsp3) is 0.333. The van der Waals surface area contributed by atoms with Crippen LogP contribution in [0.4, 0.5) is 5.69 Å². The van der Waals surface area contributed by atoms with Crippen molar-refractivity contribution < 1.29 is 9.59 Å². The van der Waals surface area contributed by atoms with Crippen LogP contribution >= 0.6 is 23.4 Å². The largest absolute Gasteiger partial charge is 0.352 e. The van der Waals surface area contributed by atoms with E-state index in [2.05, 4.69) is 24.1 Å². The van der Waals surface area contributed by atoms with Crippen LogP contribution in [0.2, 0.25) is 5.02 Å². The molecular formula is C33H36ClN3O2S. The van der Waals surface area contributed by atoms with Gasteiger partial charge in [0.15, 0.2) is 0 Å². The molecule has 40 heavy (non-hydrogen) atoms. The van der Waals surface area contributed by atoms with Crippen molar-refractivity contribution in [1.82, 2.24) is 10.2 Å². The zero-order valence-electron chi connectivity index (χ0n) is 23.1. The number of anilines is 1. The number of hydrogen-bond donors (Lipinski definition) is 1. The highest BCUT2D eigenvalue weighted by Crippen LogP contribution is 2.42. The molecule has 7 heteroatoms. The van der Waals surface area contributed by atoms with Gasteiger partial charge in [-0.1, -0.05) is 73.6 Å².